The van der Waals surface area contributed by atoms with Gasteiger partial charge in [-0.25, -0.2) is 0 Å². The molecule has 0 radical (unpaired) electrons. The number of hydrogen-bond acceptors (Lipinski definition) is 4. The Labute approximate surface area is 243 Å². The van der Waals surface area contributed by atoms with Gasteiger partial charge in [0.15, 0.2) is 0 Å². The number of hydrogen-bond donors (Lipinski definition) is 2. The summed E-state index contributed by atoms with van der Waals surface area (Å²) in [7, 11) is 0. The number of fused-ring (bicyclic) bond motifs is 8. The minimum atomic E-state index is 0.213. The lowest BCUT2D eigenvalue weighted by molar-refractivity contribution is 0.117. The van der Waals surface area contributed by atoms with Crippen LogP contribution in [0.1, 0.15) is 70.2 Å². The number of ether oxygens (including phenoxy) is 2. The van der Waals surface area contributed by atoms with E-state index in [1.807, 2.05) is 24.3 Å². The van der Waals surface area contributed by atoms with Gasteiger partial charge in [-0.2, -0.15) is 0 Å². The highest BCUT2D eigenvalue weighted by molar-refractivity contribution is 5.41. The Morgan fingerprint density at radius 1 is 0.390 bits per heavy atom. The highest BCUT2D eigenvalue weighted by Gasteiger charge is 2.13. The summed E-state index contributed by atoms with van der Waals surface area (Å²) in [6.07, 6.45) is 11.5. The van der Waals surface area contributed by atoms with Crippen LogP contribution in [0.3, 0.4) is 0 Å². The molecule has 4 aromatic carbocycles. The third kappa shape index (κ3) is 6.87. The average Bonchev–Trinajstić information content (AvgIpc) is 2.97. The molecule has 2 N–H and O–H groups in total. The Kier molecular flexibility index (Phi) is 8.46. The molecule has 0 saturated heterocycles. The predicted molar refractivity (Wildman–Crippen MR) is 163 cm³/mol. The maximum absolute atomic E-state index is 10.5. The van der Waals surface area contributed by atoms with Crippen LogP contribution in [-0.4, -0.2) is 17.0 Å². The lowest BCUT2D eigenvalue weighted by Crippen LogP contribution is -2.11. The summed E-state index contributed by atoms with van der Waals surface area (Å²) >= 11 is 0. The van der Waals surface area contributed by atoms with Gasteiger partial charge in [0.2, 0.25) is 6.79 Å². The highest BCUT2D eigenvalue weighted by Crippen LogP contribution is 2.30. The van der Waals surface area contributed by atoms with Gasteiger partial charge >= 0.3 is 0 Å². The maximum Gasteiger partial charge on any atom is 0.230 e. The summed E-state index contributed by atoms with van der Waals surface area (Å²) in [6.45, 7) is 0.213. The quantitative estimate of drug-likeness (QED) is 0.235. The second kappa shape index (κ2) is 12.7. The van der Waals surface area contributed by atoms with E-state index in [1.165, 1.54) is 33.4 Å². The van der Waals surface area contributed by atoms with E-state index >= 15 is 0 Å². The molecule has 212 valence electrons. The van der Waals surface area contributed by atoms with Gasteiger partial charge in [0.05, 0.1) is 0 Å². The van der Waals surface area contributed by atoms with Crippen molar-refractivity contribution in [1.82, 2.24) is 0 Å². The van der Waals surface area contributed by atoms with Gasteiger partial charge in [-0.05, 0) is 146 Å². The molecular weight excluding hydrogens is 508 g/mol. The van der Waals surface area contributed by atoms with Crippen molar-refractivity contribution in [2.45, 2.75) is 77.0 Å². The molecule has 0 amide bonds. The Morgan fingerprint density at radius 2 is 0.732 bits per heavy atom. The Balaban J connectivity index is 1.26. The zero-order chi connectivity index (χ0) is 28.0. The first kappa shape index (κ1) is 27.3. The molecule has 0 saturated carbocycles. The molecule has 4 aromatic rings. The van der Waals surface area contributed by atoms with Crippen LogP contribution in [-0.2, 0) is 51.4 Å². The van der Waals surface area contributed by atoms with Crippen LogP contribution in [0.4, 0.5) is 0 Å². The molecule has 0 fully saturated rings. The number of phenols is 2. The fraction of sp³-hybridized carbons (Fsp3) is 0.351. The van der Waals surface area contributed by atoms with Crippen molar-refractivity contribution in [2.75, 3.05) is 6.79 Å². The first-order chi connectivity index (χ1) is 20.1. The molecule has 2 aliphatic rings. The molecular formula is C37H40O4. The fourth-order valence-corrected chi connectivity index (χ4v) is 6.33. The van der Waals surface area contributed by atoms with Gasteiger partial charge in [0, 0.05) is 0 Å². The normalized spacial score (nSPS) is 16.1. The van der Waals surface area contributed by atoms with E-state index in [1.54, 1.807) is 0 Å². The topological polar surface area (TPSA) is 58.9 Å². The fourth-order valence-electron chi connectivity index (χ4n) is 6.33. The molecule has 41 heavy (non-hydrogen) atoms. The van der Waals surface area contributed by atoms with E-state index in [2.05, 4.69) is 48.5 Å². The zero-order valence-electron chi connectivity index (χ0n) is 23.8. The Hall–Kier alpha value is -3.92. The standard InChI is InChI=1S/C37H40O4/c38-34-17-13-26-5-1-7-28-15-19-36-32(23-28)11-4-12-33-24-29(16-20-37(33)41-25-40-36)8-2-6-27-14-18-35(39)31(22-27)10-3-9-30(34)21-26/h13-24,38-39H,1-12,25H2. The van der Waals surface area contributed by atoms with E-state index in [9.17, 15) is 10.2 Å². The first-order valence-electron chi connectivity index (χ1n) is 15.2. The summed E-state index contributed by atoms with van der Waals surface area (Å²) in [5.41, 5.74) is 9.70. The number of aromatic hydroxyl groups is 2. The van der Waals surface area contributed by atoms with Crippen LogP contribution >= 0.6 is 0 Å². The van der Waals surface area contributed by atoms with Gasteiger partial charge in [0.1, 0.15) is 23.0 Å². The van der Waals surface area contributed by atoms with Crippen molar-refractivity contribution in [3.63, 3.8) is 0 Å². The van der Waals surface area contributed by atoms with Gasteiger partial charge in [-0.3, -0.25) is 0 Å². The van der Waals surface area contributed by atoms with Crippen LogP contribution < -0.4 is 9.47 Å². The van der Waals surface area contributed by atoms with Crippen molar-refractivity contribution in [2.24, 2.45) is 0 Å². The van der Waals surface area contributed by atoms with Gasteiger partial charge < -0.3 is 19.7 Å². The van der Waals surface area contributed by atoms with Crippen LogP contribution in [0.5, 0.6) is 23.0 Å². The molecule has 0 unspecified atom stereocenters. The molecule has 8 bridgehead atoms. The third-order valence-corrected chi connectivity index (χ3v) is 8.61. The smallest absolute Gasteiger partial charge is 0.230 e. The van der Waals surface area contributed by atoms with Gasteiger partial charge in [-0.15, -0.1) is 0 Å². The second-order valence-electron chi connectivity index (χ2n) is 11.6. The number of rotatable bonds is 0. The average molecular weight is 549 g/mol. The monoisotopic (exact) mass is 548 g/mol. The van der Waals surface area contributed by atoms with E-state index in [4.69, 9.17) is 9.47 Å². The second-order valence-corrected chi connectivity index (χ2v) is 11.6. The molecule has 1 aliphatic carbocycles. The van der Waals surface area contributed by atoms with Crippen molar-refractivity contribution in [3.8, 4) is 23.0 Å². The highest BCUT2D eigenvalue weighted by atomic mass is 16.7. The molecule has 0 spiro atoms. The summed E-state index contributed by atoms with van der Waals surface area (Å²) in [5, 5.41) is 21.0. The Morgan fingerprint density at radius 3 is 1.17 bits per heavy atom. The van der Waals surface area contributed by atoms with E-state index in [0.717, 1.165) is 99.7 Å². The molecule has 1 heterocycles. The van der Waals surface area contributed by atoms with Gasteiger partial charge in [0.25, 0.3) is 0 Å². The molecule has 4 nitrogen and oxygen atoms in total. The minimum Gasteiger partial charge on any atom is -0.508 e. The van der Waals surface area contributed by atoms with Crippen LogP contribution in [0, 0.1) is 0 Å². The summed E-state index contributed by atoms with van der Waals surface area (Å²) in [4.78, 5) is 0. The van der Waals surface area contributed by atoms with E-state index in [0.29, 0.717) is 11.5 Å². The number of aryl methyl sites for hydroxylation is 8. The maximum atomic E-state index is 10.5. The number of benzene rings is 4. The Bertz CT molecular complexity index is 1390. The molecule has 0 aromatic heterocycles. The lowest BCUT2D eigenvalue weighted by atomic mass is 9.95. The SMILES string of the molecule is Oc1ccc2cc1CCCc1cc(ccc1O)CCCc1ccc3c(c1)CCCc1cc(ccc1OCO3)CCC2. The van der Waals surface area contributed by atoms with Crippen molar-refractivity contribution < 1.29 is 19.7 Å². The van der Waals surface area contributed by atoms with Crippen molar-refractivity contribution in [3.05, 3.63) is 117 Å². The van der Waals surface area contributed by atoms with Crippen molar-refractivity contribution >= 4 is 0 Å². The van der Waals surface area contributed by atoms with Crippen molar-refractivity contribution in [1.29, 1.82) is 0 Å². The molecule has 6 rings (SSSR count). The van der Waals surface area contributed by atoms with Crippen LogP contribution in [0.15, 0.2) is 72.8 Å². The van der Waals surface area contributed by atoms with E-state index < -0.39 is 0 Å². The molecule has 1 aliphatic heterocycles. The predicted octanol–water partition coefficient (Wildman–Crippen LogP) is 7.84. The van der Waals surface area contributed by atoms with Gasteiger partial charge in [-0.1, -0.05) is 48.5 Å². The molecule has 4 heteroatoms. The number of phenolic OH excluding ortho intramolecular Hbond substituents is 2. The third-order valence-electron chi connectivity index (χ3n) is 8.61. The molecule has 0 atom stereocenters. The first-order valence-corrected chi connectivity index (χ1v) is 15.2. The lowest BCUT2D eigenvalue weighted by Gasteiger charge is -2.19. The van der Waals surface area contributed by atoms with E-state index in [-0.39, 0.29) is 6.79 Å². The summed E-state index contributed by atoms with van der Waals surface area (Å²) in [5.74, 6) is 2.58. The zero-order valence-corrected chi connectivity index (χ0v) is 23.8. The summed E-state index contributed by atoms with van der Waals surface area (Å²) < 4.78 is 12.2. The van der Waals surface area contributed by atoms with Crippen LogP contribution in [0.25, 0.3) is 0 Å². The summed E-state index contributed by atoms with van der Waals surface area (Å²) in [6, 6.07) is 25.3. The largest absolute Gasteiger partial charge is 0.508 e. The van der Waals surface area contributed by atoms with Crippen LogP contribution in [0.2, 0.25) is 0 Å². The minimum absolute atomic E-state index is 0.213.